The van der Waals surface area contributed by atoms with Crippen LogP contribution < -0.4 is 5.32 Å². The highest BCUT2D eigenvalue weighted by Crippen LogP contribution is 2.13. The average Bonchev–Trinajstić information content (AvgIpc) is 2.64. The third-order valence-corrected chi connectivity index (χ3v) is 1.83. The van der Waals surface area contributed by atoms with Crippen molar-refractivity contribution >= 4 is 11.9 Å². The molecule has 0 saturated heterocycles. The molecule has 1 aromatic heterocycles. The van der Waals surface area contributed by atoms with Crippen LogP contribution in [0.4, 0.5) is 13.2 Å². The summed E-state index contributed by atoms with van der Waals surface area (Å²) in [6, 6.07) is 0. The molecule has 0 radical (unpaired) electrons. The molecule has 1 rings (SSSR count). The van der Waals surface area contributed by atoms with Gasteiger partial charge in [0, 0.05) is 13.1 Å². The fraction of sp³-hybridized carbons (Fsp3) is 0.375. The van der Waals surface area contributed by atoms with Gasteiger partial charge in [-0.15, -0.1) is 0 Å². The molecule has 6 nitrogen and oxygen atoms in total. The van der Waals surface area contributed by atoms with Crippen LogP contribution in [0.1, 0.15) is 10.5 Å². The summed E-state index contributed by atoms with van der Waals surface area (Å²) in [5.74, 6) is -3.31. The number of amides is 1. The third-order valence-electron chi connectivity index (χ3n) is 1.83. The summed E-state index contributed by atoms with van der Waals surface area (Å²) < 4.78 is 36.5. The quantitative estimate of drug-likeness (QED) is 0.803. The first-order chi connectivity index (χ1) is 7.82. The van der Waals surface area contributed by atoms with Crippen LogP contribution in [0.25, 0.3) is 0 Å². The van der Waals surface area contributed by atoms with Gasteiger partial charge in [-0.25, -0.2) is 9.78 Å². The Balaban J connectivity index is 2.49. The number of rotatable bonds is 4. The number of carbonyl (C=O) groups is 2. The van der Waals surface area contributed by atoms with E-state index in [-0.39, 0.29) is 18.8 Å². The van der Waals surface area contributed by atoms with Gasteiger partial charge in [-0.2, -0.15) is 13.2 Å². The van der Waals surface area contributed by atoms with Crippen LogP contribution >= 0.6 is 0 Å². The minimum atomic E-state index is -4.94. The van der Waals surface area contributed by atoms with Crippen LogP contribution in [0.15, 0.2) is 12.5 Å². The molecule has 0 aliphatic carbocycles. The molecular formula is C8H8F3N3O3. The Hall–Kier alpha value is -2.06. The second kappa shape index (κ2) is 4.85. The summed E-state index contributed by atoms with van der Waals surface area (Å²) in [5.41, 5.74) is -0.161. The molecule has 94 valence electrons. The minimum Gasteiger partial charge on any atom is -0.477 e. The Morgan fingerprint density at radius 1 is 1.47 bits per heavy atom. The van der Waals surface area contributed by atoms with E-state index in [0.29, 0.717) is 0 Å². The van der Waals surface area contributed by atoms with Gasteiger partial charge in [0.15, 0.2) is 0 Å². The first-order valence-corrected chi connectivity index (χ1v) is 4.41. The number of aromatic nitrogens is 2. The number of carbonyl (C=O) groups excluding carboxylic acids is 1. The van der Waals surface area contributed by atoms with Gasteiger partial charge in [-0.1, -0.05) is 0 Å². The highest BCUT2D eigenvalue weighted by molar-refractivity contribution is 5.85. The highest BCUT2D eigenvalue weighted by atomic mass is 19.4. The first-order valence-electron chi connectivity index (χ1n) is 4.41. The zero-order valence-electron chi connectivity index (χ0n) is 8.36. The van der Waals surface area contributed by atoms with Crippen molar-refractivity contribution < 1.29 is 27.9 Å². The second-order valence-corrected chi connectivity index (χ2v) is 3.03. The number of nitrogens with zero attached hydrogens (tertiary/aromatic N) is 2. The van der Waals surface area contributed by atoms with E-state index in [9.17, 15) is 22.8 Å². The number of carboxylic acid groups (broad SMARTS) is 1. The van der Waals surface area contributed by atoms with E-state index in [4.69, 9.17) is 5.11 Å². The molecular weight excluding hydrogens is 243 g/mol. The molecule has 1 heterocycles. The fourth-order valence-electron chi connectivity index (χ4n) is 1.07. The largest absolute Gasteiger partial charge is 0.477 e. The summed E-state index contributed by atoms with van der Waals surface area (Å²) in [4.78, 5) is 24.6. The molecule has 9 heteroatoms. The highest BCUT2D eigenvalue weighted by Gasteiger charge is 2.38. The molecule has 0 fully saturated rings. The monoisotopic (exact) mass is 251 g/mol. The van der Waals surface area contributed by atoms with Gasteiger partial charge in [-0.05, 0) is 0 Å². The topological polar surface area (TPSA) is 84.2 Å². The lowest BCUT2D eigenvalue weighted by atomic mass is 10.4. The zero-order chi connectivity index (χ0) is 13.1. The van der Waals surface area contributed by atoms with Crippen molar-refractivity contribution in [3.05, 3.63) is 18.2 Å². The molecule has 0 aliphatic rings. The maximum Gasteiger partial charge on any atom is 0.471 e. The molecule has 0 saturated carbocycles. The van der Waals surface area contributed by atoms with Crippen molar-refractivity contribution in [2.75, 3.05) is 6.54 Å². The molecule has 0 unspecified atom stereocenters. The normalized spacial score (nSPS) is 11.2. The van der Waals surface area contributed by atoms with E-state index in [2.05, 4.69) is 4.98 Å². The smallest absolute Gasteiger partial charge is 0.471 e. The Labute approximate surface area is 93.1 Å². The summed E-state index contributed by atoms with van der Waals surface area (Å²) in [6.45, 7) is -0.446. The van der Waals surface area contributed by atoms with Crippen molar-refractivity contribution in [3.8, 4) is 0 Å². The van der Waals surface area contributed by atoms with Crippen LogP contribution in [0.2, 0.25) is 0 Å². The van der Waals surface area contributed by atoms with Crippen molar-refractivity contribution in [2.24, 2.45) is 0 Å². The van der Waals surface area contributed by atoms with Crippen LogP contribution in [-0.4, -0.2) is 39.3 Å². The van der Waals surface area contributed by atoms with Crippen molar-refractivity contribution in [2.45, 2.75) is 12.7 Å². The molecule has 17 heavy (non-hydrogen) atoms. The number of halogens is 3. The fourth-order valence-corrected chi connectivity index (χ4v) is 1.07. The third kappa shape index (κ3) is 3.47. The van der Waals surface area contributed by atoms with Gasteiger partial charge in [0.25, 0.3) is 0 Å². The van der Waals surface area contributed by atoms with Gasteiger partial charge in [-0.3, -0.25) is 4.79 Å². The van der Waals surface area contributed by atoms with E-state index in [0.717, 1.165) is 17.1 Å². The van der Waals surface area contributed by atoms with Crippen molar-refractivity contribution in [1.82, 2.24) is 14.9 Å². The van der Waals surface area contributed by atoms with Gasteiger partial charge >= 0.3 is 18.1 Å². The van der Waals surface area contributed by atoms with E-state index in [1.165, 1.54) is 0 Å². The molecule has 0 spiro atoms. The number of carboxylic acids is 1. The lowest BCUT2D eigenvalue weighted by Gasteiger charge is -2.08. The van der Waals surface area contributed by atoms with Gasteiger partial charge < -0.3 is 15.0 Å². The van der Waals surface area contributed by atoms with E-state index in [1.54, 1.807) is 5.32 Å². The standard InChI is InChI=1S/C8H8F3N3O3/c9-8(10,11)7(17)13-1-2-14-4-12-3-5(14)6(15)16/h3-4H,1-2H2,(H,13,17)(H,15,16). The average molecular weight is 251 g/mol. The van der Waals surface area contributed by atoms with E-state index < -0.39 is 18.1 Å². The number of hydrogen-bond donors (Lipinski definition) is 2. The number of imidazole rings is 1. The SMILES string of the molecule is O=C(O)c1cncn1CCNC(=O)C(F)(F)F. The minimum absolute atomic E-state index is 0.108. The lowest BCUT2D eigenvalue weighted by Crippen LogP contribution is -2.38. The van der Waals surface area contributed by atoms with Gasteiger partial charge in [0.2, 0.25) is 0 Å². The predicted molar refractivity (Wildman–Crippen MR) is 48.3 cm³/mol. The van der Waals surface area contributed by atoms with Crippen LogP contribution in [0, 0.1) is 0 Å². The van der Waals surface area contributed by atoms with Crippen LogP contribution in [0.3, 0.4) is 0 Å². The Kier molecular flexibility index (Phi) is 3.71. The molecule has 2 N–H and O–H groups in total. The maximum atomic E-state index is 11.8. The first kappa shape index (κ1) is 13.0. The molecule has 1 amide bonds. The zero-order valence-corrected chi connectivity index (χ0v) is 8.36. The van der Waals surface area contributed by atoms with E-state index >= 15 is 0 Å². The molecule has 0 atom stereocenters. The Morgan fingerprint density at radius 2 is 2.12 bits per heavy atom. The predicted octanol–water partition coefficient (Wildman–Crippen LogP) is 0.260. The Morgan fingerprint density at radius 3 is 2.65 bits per heavy atom. The number of aromatic carboxylic acids is 1. The number of nitrogens with one attached hydrogen (secondary N) is 1. The van der Waals surface area contributed by atoms with Crippen LogP contribution in [-0.2, 0) is 11.3 Å². The lowest BCUT2D eigenvalue weighted by molar-refractivity contribution is -0.173. The summed E-state index contributed by atoms with van der Waals surface area (Å²) in [7, 11) is 0. The van der Waals surface area contributed by atoms with Crippen molar-refractivity contribution in [1.29, 1.82) is 0 Å². The van der Waals surface area contributed by atoms with E-state index in [1.807, 2.05) is 0 Å². The molecule has 0 aliphatic heterocycles. The number of alkyl halides is 3. The van der Waals surface area contributed by atoms with Gasteiger partial charge in [0.1, 0.15) is 5.69 Å². The molecule has 0 aromatic carbocycles. The number of hydrogen-bond acceptors (Lipinski definition) is 3. The Bertz CT molecular complexity index is 427. The van der Waals surface area contributed by atoms with Crippen LogP contribution in [0.5, 0.6) is 0 Å². The van der Waals surface area contributed by atoms with Gasteiger partial charge in [0.05, 0.1) is 12.5 Å². The molecule has 1 aromatic rings. The summed E-state index contributed by atoms with van der Waals surface area (Å²) in [5, 5.41) is 10.3. The second-order valence-electron chi connectivity index (χ2n) is 3.03. The summed E-state index contributed by atoms with van der Waals surface area (Å²) in [6.07, 6.45) is -2.72. The molecule has 0 bridgehead atoms. The summed E-state index contributed by atoms with van der Waals surface area (Å²) >= 11 is 0. The van der Waals surface area contributed by atoms with Crippen molar-refractivity contribution in [3.63, 3.8) is 0 Å². The maximum absolute atomic E-state index is 11.8.